The number of benzene rings is 1. The number of rotatable bonds is 7. The van der Waals surface area contributed by atoms with Gasteiger partial charge in [0.2, 0.25) is 0 Å². The van der Waals surface area contributed by atoms with Crippen molar-refractivity contribution in [3.63, 3.8) is 0 Å². The van der Waals surface area contributed by atoms with E-state index in [0.717, 1.165) is 20.8 Å². The van der Waals surface area contributed by atoms with Crippen molar-refractivity contribution in [1.29, 1.82) is 0 Å². The highest BCUT2D eigenvalue weighted by atomic mass is 35.5. The first-order valence-electron chi connectivity index (χ1n) is 9.73. The summed E-state index contributed by atoms with van der Waals surface area (Å²) in [4.78, 5) is 46.8. The van der Waals surface area contributed by atoms with Crippen molar-refractivity contribution in [1.82, 2.24) is 0 Å². The van der Waals surface area contributed by atoms with Gasteiger partial charge in [0.25, 0.3) is 0 Å². The highest BCUT2D eigenvalue weighted by Crippen LogP contribution is 2.38. The molecule has 1 N–H and O–H groups in total. The van der Waals surface area contributed by atoms with Crippen LogP contribution in [0.4, 0.5) is 0 Å². The molecule has 1 saturated heterocycles. The van der Waals surface area contributed by atoms with Crippen LogP contribution in [0.5, 0.6) is 0 Å². The van der Waals surface area contributed by atoms with Gasteiger partial charge >= 0.3 is 23.9 Å². The van der Waals surface area contributed by atoms with E-state index in [0.29, 0.717) is 16.1 Å². The summed E-state index contributed by atoms with van der Waals surface area (Å²) in [5, 5.41) is 9.87. The highest BCUT2D eigenvalue weighted by Gasteiger charge is 2.52. The predicted octanol–water partition coefficient (Wildman–Crippen LogP) is 1.63. The summed E-state index contributed by atoms with van der Waals surface area (Å²) in [5.74, 6) is -2.73. The molecule has 1 heterocycles. The molecule has 1 fully saturated rings. The molecule has 32 heavy (non-hydrogen) atoms. The van der Waals surface area contributed by atoms with E-state index in [2.05, 4.69) is 0 Å². The zero-order chi connectivity index (χ0) is 24.0. The van der Waals surface area contributed by atoms with Crippen LogP contribution >= 0.6 is 11.6 Å². The molecule has 1 aromatic rings. The number of ether oxygens (including phenoxy) is 5. The van der Waals surface area contributed by atoms with Gasteiger partial charge in [0, 0.05) is 32.7 Å². The average molecular weight is 473 g/mol. The van der Waals surface area contributed by atoms with Gasteiger partial charge in [0.05, 0.1) is 6.61 Å². The van der Waals surface area contributed by atoms with Crippen molar-refractivity contribution < 1.29 is 48.0 Å². The third kappa shape index (κ3) is 6.65. The zero-order valence-electron chi connectivity index (χ0n) is 18.0. The van der Waals surface area contributed by atoms with Crippen molar-refractivity contribution in [3.05, 3.63) is 34.3 Å². The van der Waals surface area contributed by atoms with E-state index in [4.69, 9.17) is 35.3 Å². The molecule has 0 radical (unpaired) electrons. The number of halogens is 1. The van der Waals surface area contributed by atoms with Crippen molar-refractivity contribution >= 4 is 35.5 Å². The van der Waals surface area contributed by atoms with Gasteiger partial charge in [-0.3, -0.25) is 19.2 Å². The van der Waals surface area contributed by atoms with Crippen LogP contribution in [0, 0.1) is 0 Å². The van der Waals surface area contributed by atoms with Gasteiger partial charge in [-0.15, -0.1) is 0 Å². The molecule has 2 rings (SSSR count). The van der Waals surface area contributed by atoms with E-state index < -0.39 is 54.4 Å². The molecule has 0 aromatic heterocycles. The first-order chi connectivity index (χ1) is 15.0. The molecule has 0 unspecified atom stereocenters. The Morgan fingerprint density at radius 1 is 0.906 bits per heavy atom. The van der Waals surface area contributed by atoms with Crippen LogP contribution in [0.15, 0.2) is 18.2 Å². The summed E-state index contributed by atoms with van der Waals surface area (Å²) in [7, 11) is 0. The minimum Gasteiger partial charge on any atom is -0.463 e. The zero-order valence-corrected chi connectivity index (χ0v) is 18.8. The second-order valence-electron chi connectivity index (χ2n) is 7.13. The summed E-state index contributed by atoms with van der Waals surface area (Å²) in [6.45, 7) is 3.96. The molecule has 0 amide bonds. The molecule has 176 valence electrons. The topological polar surface area (TPSA) is 135 Å². The van der Waals surface area contributed by atoms with Gasteiger partial charge in [-0.2, -0.15) is 0 Å². The Bertz CT molecular complexity index is 870. The van der Waals surface area contributed by atoms with Gasteiger partial charge < -0.3 is 28.8 Å². The third-order valence-corrected chi connectivity index (χ3v) is 4.93. The second-order valence-corrected chi connectivity index (χ2v) is 7.54. The van der Waals surface area contributed by atoms with Crippen LogP contribution in [-0.4, -0.2) is 60.0 Å². The summed E-state index contributed by atoms with van der Waals surface area (Å²) in [6, 6.07) is 4.66. The monoisotopic (exact) mass is 472 g/mol. The normalized spacial score (nSPS) is 24.9. The highest BCUT2D eigenvalue weighted by molar-refractivity contribution is 6.31. The lowest BCUT2D eigenvalue weighted by Gasteiger charge is -2.44. The maximum Gasteiger partial charge on any atom is 0.303 e. The van der Waals surface area contributed by atoms with Crippen LogP contribution in [0.25, 0.3) is 0 Å². The van der Waals surface area contributed by atoms with Crippen molar-refractivity contribution in [2.45, 2.75) is 64.8 Å². The number of esters is 4. The van der Waals surface area contributed by atoms with Gasteiger partial charge in [-0.1, -0.05) is 17.7 Å². The second kappa shape index (κ2) is 11.3. The van der Waals surface area contributed by atoms with Crippen LogP contribution in [0.1, 0.15) is 44.9 Å². The molecule has 11 heteroatoms. The van der Waals surface area contributed by atoms with Crippen molar-refractivity contribution in [3.8, 4) is 0 Å². The fourth-order valence-corrected chi connectivity index (χ4v) is 3.57. The van der Waals surface area contributed by atoms with Crippen LogP contribution in [0.3, 0.4) is 0 Å². The molecular formula is C21H25ClO10. The molecule has 0 aliphatic carbocycles. The average Bonchev–Trinajstić information content (AvgIpc) is 2.69. The summed E-state index contributed by atoms with van der Waals surface area (Å²) in [6.07, 6.45) is -5.81. The van der Waals surface area contributed by atoms with E-state index in [-0.39, 0.29) is 13.2 Å². The van der Waals surface area contributed by atoms with Gasteiger partial charge in [-0.05, 0) is 23.3 Å². The summed E-state index contributed by atoms with van der Waals surface area (Å²) in [5.41, 5.74) is 0.827. The predicted molar refractivity (Wildman–Crippen MR) is 108 cm³/mol. The lowest BCUT2D eigenvalue weighted by Crippen LogP contribution is -2.59. The minimum atomic E-state index is -1.27. The van der Waals surface area contributed by atoms with E-state index in [9.17, 15) is 24.3 Å². The standard InChI is InChI=1S/C21H25ClO10/c1-10(24)28-9-17-19(29-11(2)25)21(31-13(4)27)20(30-12(3)26)18(32-17)14-5-6-16(22)15(7-14)8-23/h5-7,17-21,23H,8-9H2,1-4H3/t17-,18+,19-,20+,21+/m1/s1. The smallest absolute Gasteiger partial charge is 0.303 e. The Kier molecular flexibility index (Phi) is 8.99. The third-order valence-electron chi connectivity index (χ3n) is 4.56. The molecule has 1 aromatic carbocycles. The Labute approximate surface area is 189 Å². The van der Waals surface area contributed by atoms with Crippen molar-refractivity contribution in [2.24, 2.45) is 0 Å². The van der Waals surface area contributed by atoms with Crippen LogP contribution in [-0.2, 0) is 49.5 Å². The number of hydrogen-bond donors (Lipinski definition) is 1. The molecule has 10 nitrogen and oxygen atoms in total. The number of aliphatic hydroxyl groups is 1. The number of hydrogen-bond acceptors (Lipinski definition) is 10. The maximum absolute atomic E-state index is 11.9. The van der Waals surface area contributed by atoms with E-state index in [1.165, 1.54) is 13.0 Å². The quantitative estimate of drug-likeness (QED) is 0.460. The lowest BCUT2D eigenvalue weighted by atomic mass is 9.90. The number of carbonyl (C=O) groups is 4. The lowest BCUT2D eigenvalue weighted by molar-refractivity contribution is -0.254. The largest absolute Gasteiger partial charge is 0.463 e. The van der Waals surface area contributed by atoms with Gasteiger partial charge in [0.1, 0.15) is 18.8 Å². The van der Waals surface area contributed by atoms with E-state index in [1.54, 1.807) is 12.1 Å². The SMILES string of the molecule is CC(=O)OC[C@H]1O[C@@H](c2ccc(Cl)c(CO)c2)[C@H](OC(C)=O)[C@@H](OC(C)=O)[C@@H]1OC(C)=O. The van der Waals surface area contributed by atoms with Crippen molar-refractivity contribution in [2.75, 3.05) is 6.61 Å². The summed E-state index contributed by atoms with van der Waals surface area (Å²) < 4.78 is 27.2. The van der Waals surface area contributed by atoms with E-state index >= 15 is 0 Å². The maximum atomic E-state index is 11.9. The van der Waals surface area contributed by atoms with Gasteiger partial charge in [-0.25, -0.2) is 0 Å². The number of carbonyl (C=O) groups excluding carboxylic acids is 4. The summed E-state index contributed by atoms with van der Waals surface area (Å²) >= 11 is 6.08. The fraction of sp³-hybridized carbons (Fsp3) is 0.524. The Hall–Kier alpha value is -2.69. The number of aliphatic hydroxyl groups excluding tert-OH is 1. The van der Waals surface area contributed by atoms with Crippen LogP contribution < -0.4 is 0 Å². The molecular weight excluding hydrogens is 448 g/mol. The van der Waals surface area contributed by atoms with Crippen LogP contribution in [0.2, 0.25) is 5.02 Å². The first kappa shape index (κ1) is 25.6. The Balaban J connectivity index is 2.58. The molecule has 5 atom stereocenters. The first-order valence-corrected chi connectivity index (χ1v) is 10.1. The minimum absolute atomic E-state index is 0.307. The fourth-order valence-electron chi connectivity index (χ4n) is 3.39. The Morgan fingerprint density at radius 2 is 1.47 bits per heavy atom. The molecule has 1 aliphatic heterocycles. The van der Waals surface area contributed by atoms with E-state index in [1.807, 2.05) is 0 Å². The molecule has 1 aliphatic rings. The molecule has 0 bridgehead atoms. The Morgan fingerprint density at radius 3 is 2.00 bits per heavy atom. The molecule has 0 spiro atoms. The van der Waals surface area contributed by atoms with Gasteiger partial charge in [0.15, 0.2) is 18.3 Å². The molecule has 0 saturated carbocycles.